The lowest BCUT2D eigenvalue weighted by Crippen LogP contribution is -2.17. The van der Waals surface area contributed by atoms with Gasteiger partial charge in [0.05, 0.1) is 0 Å². The molecule has 0 radical (unpaired) electrons. The second-order valence-electron chi connectivity index (χ2n) is 10.2. The first-order chi connectivity index (χ1) is 16.2. The molecule has 0 saturated carbocycles. The molecule has 8 nitrogen and oxygen atoms in total. The first-order valence-corrected chi connectivity index (χ1v) is 14.2. The second kappa shape index (κ2) is 12.4. The zero-order chi connectivity index (χ0) is 27.9. The largest absolute Gasteiger partial charge is 0.466 e. The summed E-state index contributed by atoms with van der Waals surface area (Å²) in [7, 11) is -9.28. The van der Waals surface area contributed by atoms with Crippen LogP contribution >= 0.6 is 15.6 Å². The van der Waals surface area contributed by atoms with Crippen molar-refractivity contribution in [1.29, 1.82) is 0 Å². The number of phosphoric acid groups is 2. The third-order valence-corrected chi connectivity index (χ3v) is 5.00. The fourth-order valence-corrected chi connectivity index (χ4v) is 3.36. The topological polar surface area (TPSA) is 156 Å². The van der Waals surface area contributed by atoms with Crippen LogP contribution in [0, 0.1) is 0 Å². The predicted octanol–water partition coefficient (Wildman–Crippen LogP) is 5.76. The Balaban J connectivity index is 0.000000550. The van der Waals surface area contributed by atoms with E-state index in [9.17, 15) is 0 Å². The van der Waals surface area contributed by atoms with E-state index in [0.717, 1.165) is 0 Å². The predicted molar refractivity (Wildman–Crippen MR) is 143 cm³/mol. The Morgan fingerprint density at radius 2 is 0.917 bits per heavy atom. The number of hydrogen-bond donors (Lipinski definition) is 6. The molecule has 0 atom stereocenters. The van der Waals surface area contributed by atoms with Crippen LogP contribution in [-0.4, -0.2) is 29.4 Å². The third kappa shape index (κ3) is 12.7. The minimum Gasteiger partial charge on any atom is -0.303 e. The minimum absolute atomic E-state index is 0.106. The van der Waals surface area contributed by atoms with Gasteiger partial charge in [0.2, 0.25) is 0 Å². The van der Waals surface area contributed by atoms with Crippen molar-refractivity contribution in [3.05, 3.63) is 83.9 Å². The monoisotopic (exact) mass is 538 g/mol. The third-order valence-electron chi connectivity index (χ3n) is 5.00. The lowest BCUT2D eigenvalue weighted by atomic mass is 9.77. The van der Waals surface area contributed by atoms with E-state index in [-0.39, 0.29) is 10.8 Å². The molecule has 3 rings (SSSR count). The van der Waals surface area contributed by atoms with Crippen LogP contribution in [0.5, 0.6) is 0 Å². The maximum Gasteiger partial charge on any atom is 0.466 e. The van der Waals surface area contributed by atoms with Crippen LogP contribution in [0.15, 0.2) is 72.8 Å². The highest BCUT2D eigenvalue weighted by atomic mass is 31.2. The highest BCUT2D eigenvalue weighted by Crippen LogP contribution is 2.37. The molecule has 0 aliphatic heterocycles. The smallest absolute Gasteiger partial charge is 0.303 e. The van der Waals surface area contributed by atoms with Gasteiger partial charge in [0.25, 0.3) is 0 Å². The van der Waals surface area contributed by atoms with Crippen LogP contribution in [0.3, 0.4) is 0 Å². The average molecular weight is 539 g/mol. The summed E-state index contributed by atoms with van der Waals surface area (Å²) < 4.78 is 17.8. The van der Waals surface area contributed by atoms with Crippen molar-refractivity contribution < 1.29 is 38.5 Å². The molecule has 0 heterocycles. The van der Waals surface area contributed by atoms with E-state index in [4.69, 9.17) is 38.5 Å². The SMILES string of the molecule is CC(C)(C)c1ccc(-c2ccc(-c3ccccc3)cc2)c(C(C)(C)C)c1.O=P(O)(O)O.O=P(O)(O)O. The van der Waals surface area contributed by atoms with Gasteiger partial charge in [0, 0.05) is 0 Å². The van der Waals surface area contributed by atoms with Gasteiger partial charge in [-0.2, -0.15) is 0 Å². The minimum atomic E-state index is -4.64. The molecule has 0 unspecified atom stereocenters. The molecule has 36 heavy (non-hydrogen) atoms. The molecule has 0 spiro atoms. The summed E-state index contributed by atoms with van der Waals surface area (Å²) in [6.45, 7) is 13.7. The maximum absolute atomic E-state index is 8.88. The Morgan fingerprint density at radius 3 is 1.31 bits per heavy atom. The number of benzene rings is 3. The molecule has 0 saturated heterocycles. The Bertz CT molecular complexity index is 1160. The van der Waals surface area contributed by atoms with Gasteiger partial charge in [-0.1, -0.05) is 114 Å². The van der Waals surface area contributed by atoms with E-state index in [2.05, 4.69) is 114 Å². The van der Waals surface area contributed by atoms with Gasteiger partial charge in [-0.3, -0.25) is 0 Å². The molecule has 10 heteroatoms. The van der Waals surface area contributed by atoms with E-state index in [1.165, 1.54) is 33.4 Å². The molecule has 0 aromatic heterocycles. The van der Waals surface area contributed by atoms with E-state index < -0.39 is 15.6 Å². The molecular weight excluding hydrogens is 502 g/mol. The Kier molecular flexibility index (Phi) is 11.0. The molecule has 0 aliphatic carbocycles. The van der Waals surface area contributed by atoms with Crippen LogP contribution in [0.25, 0.3) is 22.3 Å². The molecule has 3 aromatic rings. The van der Waals surface area contributed by atoms with Crippen molar-refractivity contribution in [1.82, 2.24) is 0 Å². The van der Waals surface area contributed by atoms with Crippen LogP contribution < -0.4 is 0 Å². The summed E-state index contributed by atoms with van der Waals surface area (Å²) >= 11 is 0. The van der Waals surface area contributed by atoms with Crippen molar-refractivity contribution in [2.75, 3.05) is 0 Å². The summed E-state index contributed by atoms with van der Waals surface area (Å²) in [4.78, 5) is 43.1. The van der Waals surface area contributed by atoms with Crippen LogP contribution in [0.2, 0.25) is 0 Å². The summed E-state index contributed by atoms with van der Waals surface area (Å²) in [6.07, 6.45) is 0. The quantitative estimate of drug-likeness (QED) is 0.225. The summed E-state index contributed by atoms with van der Waals surface area (Å²) in [5.41, 5.74) is 8.23. The van der Waals surface area contributed by atoms with Crippen molar-refractivity contribution in [3.63, 3.8) is 0 Å². The van der Waals surface area contributed by atoms with Crippen molar-refractivity contribution in [2.24, 2.45) is 0 Å². The highest BCUT2D eigenvalue weighted by molar-refractivity contribution is 7.45. The number of rotatable bonds is 2. The molecule has 0 amide bonds. The highest BCUT2D eigenvalue weighted by Gasteiger charge is 2.22. The fourth-order valence-electron chi connectivity index (χ4n) is 3.36. The summed E-state index contributed by atoms with van der Waals surface area (Å²) in [6, 6.07) is 26.5. The van der Waals surface area contributed by atoms with E-state index in [1.54, 1.807) is 0 Å². The van der Waals surface area contributed by atoms with Gasteiger partial charge in [-0.25, -0.2) is 9.13 Å². The molecule has 0 aliphatic rings. The van der Waals surface area contributed by atoms with Crippen molar-refractivity contribution in [3.8, 4) is 22.3 Å². The fraction of sp³-hybridized carbons (Fsp3) is 0.308. The van der Waals surface area contributed by atoms with Gasteiger partial charge >= 0.3 is 15.6 Å². The van der Waals surface area contributed by atoms with E-state index in [0.29, 0.717) is 0 Å². The molecule has 198 valence electrons. The van der Waals surface area contributed by atoms with Gasteiger partial charge in [0.15, 0.2) is 0 Å². The van der Waals surface area contributed by atoms with Gasteiger partial charge in [-0.05, 0) is 44.2 Å². The second-order valence-corrected chi connectivity index (χ2v) is 12.3. The lowest BCUT2D eigenvalue weighted by molar-refractivity contribution is 0.272. The normalized spacial score (nSPS) is 12.1. The van der Waals surface area contributed by atoms with Crippen LogP contribution in [-0.2, 0) is 20.0 Å². The standard InChI is InChI=1S/C26H30.2H3O4P/c1-25(2,3)22-16-17-23(24(18-22)26(4,5)6)21-14-12-20(13-15-21)19-10-8-7-9-11-19;2*1-5(2,3)4/h7-18H,1-6H3;2*(H3,1,2,3,4). The Morgan fingerprint density at radius 1 is 0.528 bits per heavy atom. The molecule has 3 aromatic carbocycles. The molecular formula is C26H36O8P2. The van der Waals surface area contributed by atoms with Crippen molar-refractivity contribution >= 4 is 15.6 Å². The zero-order valence-corrected chi connectivity index (χ0v) is 23.1. The average Bonchev–Trinajstić information content (AvgIpc) is 2.70. The molecule has 0 bridgehead atoms. The van der Waals surface area contributed by atoms with Gasteiger partial charge < -0.3 is 29.4 Å². The number of hydrogen-bond acceptors (Lipinski definition) is 2. The Labute approximate surface area is 212 Å². The van der Waals surface area contributed by atoms with E-state index in [1.807, 2.05) is 0 Å². The van der Waals surface area contributed by atoms with Gasteiger partial charge in [0.1, 0.15) is 0 Å². The first-order valence-electron chi connectivity index (χ1n) is 11.0. The van der Waals surface area contributed by atoms with Crippen molar-refractivity contribution in [2.45, 2.75) is 52.4 Å². The summed E-state index contributed by atoms with van der Waals surface area (Å²) in [5.74, 6) is 0. The van der Waals surface area contributed by atoms with E-state index >= 15 is 0 Å². The van der Waals surface area contributed by atoms with Gasteiger partial charge in [-0.15, -0.1) is 0 Å². The Hall–Kier alpha value is -2.12. The van der Waals surface area contributed by atoms with Crippen LogP contribution in [0.1, 0.15) is 52.7 Å². The summed E-state index contributed by atoms with van der Waals surface area (Å²) in [5, 5.41) is 0. The lowest BCUT2D eigenvalue weighted by Gasteiger charge is -2.27. The zero-order valence-electron chi connectivity index (χ0n) is 21.3. The van der Waals surface area contributed by atoms with Crippen LogP contribution in [0.4, 0.5) is 0 Å². The molecule has 0 fully saturated rings. The molecule has 6 N–H and O–H groups in total. The first kappa shape index (κ1) is 31.9. The maximum atomic E-state index is 8.88.